The minimum Gasteiger partial charge on any atom is -0.0882 e. The topological polar surface area (TPSA) is 0 Å². The van der Waals surface area contributed by atoms with Crippen molar-refractivity contribution in [2.24, 2.45) is 47.3 Å². The smallest absolute Gasteiger partial charge is 0.0205 e. The molecule has 0 saturated heterocycles. The van der Waals surface area contributed by atoms with Crippen LogP contribution < -0.4 is 0 Å². The van der Waals surface area contributed by atoms with Crippen molar-refractivity contribution in [2.45, 2.75) is 142 Å². The van der Waals surface area contributed by atoms with Crippen LogP contribution in [0, 0.1) is 47.3 Å². The van der Waals surface area contributed by atoms with Crippen molar-refractivity contribution < 1.29 is 0 Å². The minimum absolute atomic E-state index is 0.900. The Balaban J connectivity index is 1.08. The Labute approximate surface area is 213 Å². The molecule has 2 unspecified atom stereocenters. The molecule has 0 heterocycles. The minimum atomic E-state index is 0.900. The second-order valence-corrected chi connectivity index (χ2v) is 13.4. The molecule has 4 rings (SSSR count). The van der Waals surface area contributed by atoms with Crippen LogP contribution in [0.2, 0.25) is 0 Å². The highest BCUT2D eigenvalue weighted by Crippen LogP contribution is 2.45. The van der Waals surface area contributed by atoms with Gasteiger partial charge in [-0.05, 0) is 131 Å². The van der Waals surface area contributed by atoms with Gasteiger partial charge in [-0.25, -0.2) is 0 Å². The average molecular weight is 467 g/mol. The first-order chi connectivity index (χ1) is 16.7. The van der Waals surface area contributed by atoms with Crippen LogP contribution in [0.4, 0.5) is 0 Å². The summed E-state index contributed by atoms with van der Waals surface area (Å²) in [5.74, 6) is 7.87. The number of hydrogen-bond acceptors (Lipinski definition) is 0. The number of hydrogen-bond donors (Lipinski definition) is 0. The molecule has 0 aliphatic heterocycles. The summed E-state index contributed by atoms with van der Waals surface area (Å²) in [7, 11) is 0. The summed E-state index contributed by atoms with van der Waals surface area (Å²) in [4.78, 5) is 0. The van der Waals surface area contributed by atoms with Crippen molar-refractivity contribution >= 4 is 0 Å². The molecule has 2 atom stereocenters. The molecule has 0 spiro atoms. The standard InChI is InChI=1S/C34H58/c1-3-4-5-8-29-15-19-31(20-16-29)33-23-25-34(26-24-33)32-21-17-30(18-22-32)10-7-6-9-28-13-11-27(2)12-14-28/h7,10,15,19,27-34H,3-6,8-9,11-14,16-18,20-26H2,1-2H3/b10-7+. The summed E-state index contributed by atoms with van der Waals surface area (Å²) >= 11 is 0. The van der Waals surface area contributed by atoms with Crippen molar-refractivity contribution in [1.82, 2.24) is 0 Å². The van der Waals surface area contributed by atoms with Crippen LogP contribution in [0.25, 0.3) is 0 Å². The maximum atomic E-state index is 2.66. The lowest BCUT2D eigenvalue weighted by Crippen LogP contribution is -2.28. The zero-order valence-corrected chi connectivity index (χ0v) is 23.1. The maximum absolute atomic E-state index is 2.66. The van der Waals surface area contributed by atoms with Gasteiger partial charge >= 0.3 is 0 Å². The largest absolute Gasteiger partial charge is 0.0882 e. The molecular formula is C34H58. The quantitative estimate of drug-likeness (QED) is 0.222. The van der Waals surface area contributed by atoms with Gasteiger partial charge < -0.3 is 0 Å². The van der Waals surface area contributed by atoms with Crippen molar-refractivity contribution in [2.75, 3.05) is 0 Å². The van der Waals surface area contributed by atoms with Crippen molar-refractivity contribution in [3.63, 3.8) is 0 Å². The third-order valence-corrected chi connectivity index (χ3v) is 10.9. The summed E-state index contributed by atoms with van der Waals surface area (Å²) < 4.78 is 0. The number of unbranched alkanes of at least 4 members (excludes halogenated alkanes) is 2. The summed E-state index contributed by atoms with van der Waals surface area (Å²) in [5, 5.41) is 0. The molecule has 4 aliphatic rings. The van der Waals surface area contributed by atoms with E-state index >= 15 is 0 Å². The second-order valence-electron chi connectivity index (χ2n) is 13.4. The van der Waals surface area contributed by atoms with Crippen LogP contribution in [0.15, 0.2) is 24.3 Å². The Bertz CT molecular complexity index is 590. The highest BCUT2D eigenvalue weighted by Gasteiger charge is 2.33. The Morgan fingerprint density at radius 2 is 1.32 bits per heavy atom. The zero-order valence-electron chi connectivity index (χ0n) is 23.1. The van der Waals surface area contributed by atoms with Gasteiger partial charge in [0, 0.05) is 0 Å². The van der Waals surface area contributed by atoms with Gasteiger partial charge in [-0.1, -0.05) is 83.1 Å². The van der Waals surface area contributed by atoms with Gasteiger partial charge in [0.05, 0.1) is 0 Å². The zero-order chi connectivity index (χ0) is 23.6. The van der Waals surface area contributed by atoms with Crippen molar-refractivity contribution in [1.29, 1.82) is 0 Å². The molecule has 34 heavy (non-hydrogen) atoms. The van der Waals surface area contributed by atoms with Gasteiger partial charge in [-0.3, -0.25) is 0 Å². The molecular weight excluding hydrogens is 408 g/mol. The van der Waals surface area contributed by atoms with Gasteiger partial charge in [0.25, 0.3) is 0 Å². The molecule has 0 aromatic carbocycles. The van der Waals surface area contributed by atoms with E-state index in [1.807, 2.05) is 0 Å². The van der Waals surface area contributed by atoms with Gasteiger partial charge in [0.15, 0.2) is 0 Å². The van der Waals surface area contributed by atoms with E-state index in [1.54, 1.807) is 12.8 Å². The van der Waals surface area contributed by atoms with Crippen molar-refractivity contribution in [3.05, 3.63) is 24.3 Å². The van der Waals surface area contributed by atoms with Gasteiger partial charge in [-0.2, -0.15) is 0 Å². The van der Waals surface area contributed by atoms with Gasteiger partial charge in [0.1, 0.15) is 0 Å². The highest BCUT2D eigenvalue weighted by atomic mass is 14.4. The highest BCUT2D eigenvalue weighted by molar-refractivity contribution is 5.01. The number of rotatable bonds is 10. The molecule has 0 radical (unpaired) electrons. The fraction of sp³-hybridized carbons (Fsp3) is 0.882. The summed E-state index contributed by atoms with van der Waals surface area (Å²) in [5.41, 5.74) is 0. The fourth-order valence-electron chi connectivity index (χ4n) is 8.28. The lowest BCUT2D eigenvalue weighted by Gasteiger charge is -2.40. The first-order valence-corrected chi connectivity index (χ1v) is 16.1. The predicted octanol–water partition coefficient (Wildman–Crippen LogP) is 10.9. The van der Waals surface area contributed by atoms with Crippen LogP contribution >= 0.6 is 0 Å². The molecule has 0 aromatic rings. The molecule has 0 nitrogen and oxygen atoms in total. The molecule has 3 saturated carbocycles. The van der Waals surface area contributed by atoms with E-state index in [0.29, 0.717) is 0 Å². The Morgan fingerprint density at radius 3 is 1.97 bits per heavy atom. The van der Waals surface area contributed by atoms with Gasteiger partial charge in [-0.15, -0.1) is 0 Å². The molecule has 194 valence electrons. The first-order valence-electron chi connectivity index (χ1n) is 16.1. The number of allylic oxidation sites excluding steroid dienone is 4. The monoisotopic (exact) mass is 466 g/mol. The van der Waals surface area contributed by atoms with E-state index in [2.05, 4.69) is 38.2 Å². The molecule has 0 aromatic heterocycles. The normalized spacial score (nSPS) is 39.5. The molecule has 0 heteroatoms. The van der Waals surface area contributed by atoms with E-state index < -0.39 is 0 Å². The SMILES string of the molecule is CCCCCC1C=CC(C2CCC(C3CCC(/C=C/CCC4CCC(C)CC4)CC3)CC2)CC1. The Kier molecular flexibility index (Phi) is 11.1. The first kappa shape index (κ1) is 26.5. The molecule has 3 fully saturated rings. The fourth-order valence-corrected chi connectivity index (χ4v) is 8.28. The van der Waals surface area contributed by atoms with Crippen LogP contribution in [0.3, 0.4) is 0 Å². The van der Waals surface area contributed by atoms with Crippen molar-refractivity contribution in [3.8, 4) is 0 Å². The maximum Gasteiger partial charge on any atom is -0.0205 e. The van der Waals surface area contributed by atoms with E-state index in [0.717, 1.165) is 47.3 Å². The van der Waals surface area contributed by atoms with Crippen LogP contribution in [-0.4, -0.2) is 0 Å². The molecule has 0 bridgehead atoms. The van der Waals surface area contributed by atoms with E-state index in [1.165, 1.54) is 116 Å². The van der Waals surface area contributed by atoms with Crippen LogP contribution in [0.1, 0.15) is 142 Å². The third kappa shape index (κ3) is 8.27. The lowest BCUT2D eigenvalue weighted by atomic mass is 9.66. The third-order valence-electron chi connectivity index (χ3n) is 10.9. The summed E-state index contributed by atoms with van der Waals surface area (Å²) in [6.07, 6.45) is 40.0. The van der Waals surface area contributed by atoms with Gasteiger partial charge in [0.2, 0.25) is 0 Å². The van der Waals surface area contributed by atoms with Crippen LogP contribution in [0.5, 0.6) is 0 Å². The van der Waals surface area contributed by atoms with E-state index in [9.17, 15) is 0 Å². The molecule has 0 N–H and O–H groups in total. The summed E-state index contributed by atoms with van der Waals surface area (Å²) in [6.45, 7) is 4.77. The summed E-state index contributed by atoms with van der Waals surface area (Å²) in [6, 6.07) is 0. The molecule has 4 aliphatic carbocycles. The van der Waals surface area contributed by atoms with E-state index in [4.69, 9.17) is 0 Å². The predicted molar refractivity (Wildman–Crippen MR) is 150 cm³/mol. The Morgan fingerprint density at radius 1 is 0.647 bits per heavy atom. The van der Waals surface area contributed by atoms with E-state index in [-0.39, 0.29) is 0 Å². The molecule has 0 amide bonds. The Hall–Kier alpha value is -0.520. The lowest BCUT2D eigenvalue weighted by molar-refractivity contribution is 0.136. The second kappa shape index (κ2) is 14.3. The van der Waals surface area contributed by atoms with Crippen LogP contribution in [-0.2, 0) is 0 Å². The average Bonchev–Trinajstić information content (AvgIpc) is 2.89.